The minimum absolute atomic E-state index is 0.0735. The minimum Gasteiger partial charge on any atom is -0.465 e. The summed E-state index contributed by atoms with van der Waals surface area (Å²) in [6, 6.07) is 0. The normalized spacial score (nSPS) is 33.2. The molecule has 2 unspecified atom stereocenters. The van der Waals surface area contributed by atoms with Gasteiger partial charge >= 0.3 is 11.9 Å². The Hall–Kier alpha value is -1.06. The fourth-order valence-corrected chi connectivity index (χ4v) is 1.85. The Kier molecular flexibility index (Phi) is 2.20. The van der Waals surface area contributed by atoms with Gasteiger partial charge < -0.3 is 9.47 Å². The predicted octanol–water partition coefficient (Wildman–Crippen LogP) is 0.503. The Morgan fingerprint density at radius 3 is 1.77 bits per heavy atom. The molecular formula is C9H12O4. The molecule has 2 aliphatic heterocycles. The second-order valence-electron chi connectivity index (χ2n) is 3.54. The van der Waals surface area contributed by atoms with E-state index in [2.05, 4.69) is 0 Å². The summed E-state index contributed by atoms with van der Waals surface area (Å²) in [5.74, 6) is -0.453. The molecule has 2 rings (SSSR count). The van der Waals surface area contributed by atoms with Crippen LogP contribution in [-0.2, 0) is 19.1 Å². The number of rotatable bonds is 2. The molecule has 13 heavy (non-hydrogen) atoms. The summed E-state index contributed by atoms with van der Waals surface area (Å²) in [7, 11) is 0. The molecule has 0 bridgehead atoms. The average molecular weight is 184 g/mol. The zero-order valence-corrected chi connectivity index (χ0v) is 7.32. The van der Waals surface area contributed by atoms with Crippen molar-refractivity contribution in [2.75, 3.05) is 13.2 Å². The van der Waals surface area contributed by atoms with Crippen molar-refractivity contribution in [1.82, 2.24) is 0 Å². The zero-order valence-electron chi connectivity index (χ0n) is 7.32. The monoisotopic (exact) mass is 184 g/mol. The second-order valence-corrected chi connectivity index (χ2v) is 3.54. The largest absolute Gasteiger partial charge is 0.465 e. The van der Waals surface area contributed by atoms with Crippen LogP contribution in [0.5, 0.6) is 0 Å². The van der Waals surface area contributed by atoms with Crippen LogP contribution in [0.3, 0.4) is 0 Å². The van der Waals surface area contributed by atoms with Crippen molar-refractivity contribution in [3.05, 3.63) is 0 Å². The van der Waals surface area contributed by atoms with Gasteiger partial charge in [-0.3, -0.25) is 9.59 Å². The van der Waals surface area contributed by atoms with Gasteiger partial charge in [-0.05, 0) is 19.3 Å². The topological polar surface area (TPSA) is 52.6 Å². The third-order valence-electron chi connectivity index (χ3n) is 2.66. The van der Waals surface area contributed by atoms with Crippen LogP contribution in [0, 0.1) is 11.8 Å². The van der Waals surface area contributed by atoms with Crippen molar-refractivity contribution < 1.29 is 19.1 Å². The summed E-state index contributed by atoms with van der Waals surface area (Å²) in [6.45, 7) is 1.01. The molecule has 2 heterocycles. The van der Waals surface area contributed by atoms with E-state index in [-0.39, 0.29) is 23.8 Å². The Balaban J connectivity index is 1.89. The Morgan fingerprint density at radius 2 is 1.46 bits per heavy atom. The van der Waals surface area contributed by atoms with E-state index in [9.17, 15) is 9.59 Å². The molecule has 0 aliphatic carbocycles. The number of cyclic esters (lactones) is 2. The van der Waals surface area contributed by atoms with E-state index < -0.39 is 0 Å². The summed E-state index contributed by atoms with van der Waals surface area (Å²) in [5, 5.41) is 0. The van der Waals surface area contributed by atoms with Crippen molar-refractivity contribution in [1.29, 1.82) is 0 Å². The van der Waals surface area contributed by atoms with Crippen LogP contribution in [-0.4, -0.2) is 25.2 Å². The second kappa shape index (κ2) is 3.36. The van der Waals surface area contributed by atoms with E-state index in [1.807, 2.05) is 0 Å². The summed E-state index contributed by atoms with van der Waals surface area (Å²) >= 11 is 0. The molecule has 0 aromatic heterocycles. The van der Waals surface area contributed by atoms with Crippen LogP contribution >= 0.6 is 0 Å². The number of ether oxygens (including phenoxy) is 2. The third-order valence-corrected chi connectivity index (χ3v) is 2.66. The van der Waals surface area contributed by atoms with Gasteiger partial charge in [0, 0.05) is 0 Å². The Morgan fingerprint density at radius 1 is 1.00 bits per heavy atom. The number of carbonyl (C=O) groups excluding carboxylic acids is 2. The van der Waals surface area contributed by atoms with E-state index >= 15 is 0 Å². The van der Waals surface area contributed by atoms with Gasteiger partial charge in [-0.25, -0.2) is 0 Å². The molecule has 2 fully saturated rings. The lowest BCUT2D eigenvalue weighted by Gasteiger charge is -2.07. The highest BCUT2D eigenvalue weighted by molar-refractivity contribution is 5.77. The molecule has 4 nitrogen and oxygen atoms in total. The first kappa shape index (κ1) is 8.53. The average Bonchev–Trinajstić information content (AvgIpc) is 2.65. The summed E-state index contributed by atoms with van der Waals surface area (Å²) in [4.78, 5) is 22.2. The molecule has 0 amide bonds. The van der Waals surface area contributed by atoms with Crippen LogP contribution in [0.25, 0.3) is 0 Å². The van der Waals surface area contributed by atoms with Gasteiger partial charge in [0.1, 0.15) is 0 Å². The van der Waals surface area contributed by atoms with Gasteiger partial charge in [0.05, 0.1) is 25.0 Å². The summed E-state index contributed by atoms with van der Waals surface area (Å²) < 4.78 is 9.64. The first-order chi connectivity index (χ1) is 6.27. The van der Waals surface area contributed by atoms with Crippen molar-refractivity contribution in [2.45, 2.75) is 19.3 Å². The van der Waals surface area contributed by atoms with E-state index in [0.29, 0.717) is 19.6 Å². The smallest absolute Gasteiger partial charge is 0.309 e. The quantitative estimate of drug-likeness (QED) is 0.586. The molecule has 4 heteroatoms. The van der Waals surface area contributed by atoms with Gasteiger partial charge in [0.2, 0.25) is 0 Å². The molecule has 0 N–H and O–H groups in total. The van der Waals surface area contributed by atoms with Crippen molar-refractivity contribution in [2.24, 2.45) is 11.8 Å². The fourth-order valence-electron chi connectivity index (χ4n) is 1.85. The molecule has 2 atom stereocenters. The highest BCUT2D eigenvalue weighted by Crippen LogP contribution is 2.27. The number of hydrogen-bond donors (Lipinski definition) is 0. The van der Waals surface area contributed by atoms with Crippen LogP contribution in [0.15, 0.2) is 0 Å². The van der Waals surface area contributed by atoms with Crippen LogP contribution in [0.4, 0.5) is 0 Å². The summed E-state index contributed by atoms with van der Waals surface area (Å²) in [5.41, 5.74) is 0. The Bertz CT molecular complexity index is 212. The maximum atomic E-state index is 11.1. The standard InChI is InChI=1S/C9H12O4/c10-8-6(1-3-12-8)5-7-2-4-13-9(7)11/h6-7H,1-5H2. The minimum atomic E-state index is -0.153. The Labute approximate surface area is 76.2 Å². The third kappa shape index (κ3) is 1.66. The zero-order chi connectivity index (χ0) is 9.26. The first-order valence-corrected chi connectivity index (χ1v) is 4.60. The molecule has 0 aromatic rings. The lowest BCUT2D eigenvalue weighted by molar-refractivity contribution is -0.143. The maximum Gasteiger partial charge on any atom is 0.309 e. The molecule has 72 valence electrons. The molecule has 0 radical (unpaired) electrons. The van der Waals surface area contributed by atoms with Crippen LogP contribution in [0.2, 0.25) is 0 Å². The number of carbonyl (C=O) groups is 2. The molecular weight excluding hydrogens is 172 g/mol. The van der Waals surface area contributed by atoms with Gasteiger partial charge in [-0.2, -0.15) is 0 Å². The highest BCUT2D eigenvalue weighted by atomic mass is 16.5. The maximum absolute atomic E-state index is 11.1. The molecule has 0 aromatic carbocycles. The van der Waals surface area contributed by atoms with Gasteiger partial charge in [-0.15, -0.1) is 0 Å². The lowest BCUT2D eigenvalue weighted by Crippen LogP contribution is -2.16. The van der Waals surface area contributed by atoms with Gasteiger partial charge in [0.15, 0.2) is 0 Å². The van der Waals surface area contributed by atoms with Crippen molar-refractivity contribution in [3.8, 4) is 0 Å². The number of hydrogen-bond acceptors (Lipinski definition) is 4. The molecule has 2 saturated heterocycles. The summed E-state index contributed by atoms with van der Waals surface area (Å²) in [6.07, 6.45) is 2.11. The highest BCUT2D eigenvalue weighted by Gasteiger charge is 2.34. The van der Waals surface area contributed by atoms with Crippen LogP contribution < -0.4 is 0 Å². The van der Waals surface area contributed by atoms with E-state index in [1.54, 1.807) is 0 Å². The van der Waals surface area contributed by atoms with E-state index in [0.717, 1.165) is 12.8 Å². The fraction of sp³-hybridized carbons (Fsp3) is 0.778. The van der Waals surface area contributed by atoms with E-state index in [1.165, 1.54) is 0 Å². The predicted molar refractivity (Wildman–Crippen MR) is 42.7 cm³/mol. The first-order valence-electron chi connectivity index (χ1n) is 4.60. The lowest BCUT2D eigenvalue weighted by atomic mass is 9.93. The van der Waals surface area contributed by atoms with Crippen molar-refractivity contribution >= 4 is 11.9 Å². The number of esters is 2. The van der Waals surface area contributed by atoms with Gasteiger partial charge in [0.25, 0.3) is 0 Å². The SMILES string of the molecule is O=C1OCCC1CC1CCOC1=O. The van der Waals surface area contributed by atoms with Crippen molar-refractivity contribution in [3.63, 3.8) is 0 Å². The van der Waals surface area contributed by atoms with Gasteiger partial charge in [-0.1, -0.05) is 0 Å². The molecule has 0 spiro atoms. The van der Waals surface area contributed by atoms with E-state index in [4.69, 9.17) is 9.47 Å². The molecule has 0 saturated carbocycles. The van der Waals surface area contributed by atoms with Crippen LogP contribution in [0.1, 0.15) is 19.3 Å². The molecule has 2 aliphatic rings.